The van der Waals surface area contributed by atoms with Gasteiger partial charge in [0, 0.05) is 23.3 Å². The van der Waals surface area contributed by atoms with Crippen LogP contribution in [-0.2, 0) is 6.42 Å². The molecule has 0 atom stereocenters. The van der Waals surface area contributed by atoms with Crippen LogP contribution in [0.1, 0.15) is 31.5 Å². The minimum absolute atomic E-state index is 0.738. The third-order valence-corrected chi connectivity index (χ3v) is 3.23. The number of nitrogens with zero attached hydrogens (tertiary/aromatic N) is 1. The van der Waals surface area contributed by atoms with Crippen molar-refractivity contribution in [2.45, 2.75) is 33.6 Å². The highest BCUT2D eigenvalue weighted by Gasteiger charge is 2.09. The van der Waals surface area contributed by atoms with Crippen LogP contribution in [0.3, 0.4) is 0 Å². The van der Waals surface area contributed by atoms with Gasteiger partial charge in [-0.15, -0.1) is 0 Å². The molecule has 0 unspecified atom stereocenters. The van der Waals surface area contributed by atoms with Crippen LogP contribution < -0.4 is 5.32 Å². The first-order valence-corrected chi connectivity index (χ1v) is 6.87. The Hall–Kier alpha value is -1.28. The monoisotopic (exact) mass is 262 g/mol. The van der Waals surface area contributed by atoms with Crippen molar-refractivity contribution in [2.24, 2.45) is 0 Å². The minimum Gasteiger partial charge on any atom is -0.385 e. The number of anilines is 1. The molecule has 1 aromatic heterocycles. The lowest BCUT2D eigenvalue weighted by Crippen LogP contribution is -2.01. The van der Waals surface area contributed by atoms with Gasteiger partial charge in [0.25, 0.3) is 0 Å². The van der Waals surface area contributed by atoms with E-state index in [0.29, 0.717) is 0 Å². The van der Waals surface area contributed by atoms with E-state index in [-0.39, 0.29) is 0 Å². The van der Waals surface area contributed by atoms with Gasteiger partial charge in [-0.05, 0) is 44.0 Å². The van der Waals surface area contributed by atoms with Crippen molar-refractivity contribution in [1.29, 1.82) is 0 Å². The second kappa shape index (κ2) is 5.57. The second-order valence-corrected chi connectivity index (χ2v) is 4.99. The molecule has 1 heterocycles. The fourth-order valence-corrected chi connectivity index (χ4v) is 2.51. The number of pyridine rings is 1. The van der Waals surface area contributed by atoms with E-state index < -0.39 is 0 Å². The molecule has 0 aliphatic carbocycles. The molecule has 96 valence electrons. The topological polar surface area (TPSA) is 24.9 Å². The maximum absolute atomic E-state index is 6.32. The highest BCUT2D eigenvalue weighted by molar-refractivity contribution is 6.35. The Balaban J connectivity index is 2.68. The molecule has 0 saturated heterocycles. The average Bonchev–Trinajstić information content (AvgIpc) is 2.31. The summed E-state index contributed by atoms with van der Waals surface area (Å²) in [6.45, 7) is 7.22. The first-order chi connectivity index (χ1) is 8.65. The van der Waals surface area contributed by atoms with Crippen molar-refractivity contribution >= 4 is 28.2 Å². The lowest BCUT2D eigenvalue weighted by Gasteiger charge is -2.12. The molecular formula is C15H19ClN2. The van der Waals surface area contributed by atoms with E-state index in [9.17, 15) is 0 Å². The molecule has 18 heavy (non-hydrogen) atoms. The number of hydrogen-bond donors (Lipinski definition) is 1. The number of aromatic nitrogens is 1. The highest BCUT2D eigenvalue weighted by atomic mass is 35.5. The zero-order valence-corrected chi connectivity index (χ0v) is 11.9. The van der Waals surface area contributed by atoms with E-state index in [1.807, 2.05) is 6.07 Å². The molecule has 2 aromatic rings. The maximum atomic E-state index is 6.32. The van der Waals surface area contributed by atoms with Crippen LogP contribution in [-0.4, -0.2) is 11.5 Å². The normalized spacial score (nSPS) is 10.9. The SMILES string of the molecule is CCCc1cc(NCC)c2cc(C)cc(Cl)c2n1. The van der Waals surface area contributed by atoms with Gasteiger partial charge in [-0.3, -0.25) is 4.98 Å². The lowest BCUT2D eigenvalue weighted by molar-refractivity contribution is 0.890. The van der Waals surface area contributed by atoms with Crippen molar-refractivity contribution in [3.8, 4) is 0 Å². The first kappa shape index (κ1) is 13.2. The molecule has 0 spiro atoms. The highest BCUT2D eigenvalue weighted by Crippen LogP contribution is 2.30. The quantitative estimate of drug-likeness (QED) is 0.872. The van der Waals surface area contributed by atoms with E-state index in [0.717, 1.165) is 52.3 Å². The van der Waals surface area contributed by atoms with Crippen LogP contribution in [0.5, 0.6) is 0 Å². The maximum Gasteiger partial charge on any atom is 0.0912 e. The van der Waals surface area contributed by atoms with Gasteiger partial charge in [-0.1, -0.05) is 24.9 Å². The molecule has 1 aromatic carbocycles. The van der Waals surface area contributed by atoms with Crippen molar-refractivity contribution in [3.63, 3.8) is 0 Å². The number of hydrogen-bond acceptors (Lipinski definition) is 2. The summed E-state index contributed by atoms with van der Waals surface area (Å²) in [6, 6.07) is 6.26. The molecule has 1 N–H and O–H groups in total. The predicted octanol–water partition coefficient (Wildman–Crippen LogP) is 4.58. The van der Waals surface area contributed by atoms with Crippen molar-refractivity contribution < 1.29 is 0 Å². The fourth-order valence-electron chi connectivity index (χ4n) is 2.19. The molecule has 0 bridgehead atoms. The van der Waals surface area contributed by atoms with Crippen LogP contribution in [0, 0.1) is 6.92 Å². The van der Waals surface area contributed by atoms with E-state index in [4.69, 9.17) is 11.6 Å². The Morgan fingerprint density at radius 2 is 2.00 bits per heavy atom. The summed E-state index contributed by atoms with van der Waals surface area (Å²) in [5.41, 5.74) is 4.31. The van der Waals surface area contributed by atoms with E-state index in [1.165, 1.54) is 0 Å². The number of halogens is 1. The van der Waals surface area contributed by atoms with Crippen molar-refractivity contribution in [2.75, 3.05) is 11.9 Å². The molecule has 0 saturated carbocycles. The van der Waals surface area contributed by atoms with Crippen LogP contribution in [0.25, 0.3) is 10.9 Å². The summed E-state index contributed by atoms with van der Waals surface area (Å²) < 4.78 is 0. The summed E-state index contributed by atoms with van der Waals surface area (Å²) in [4.78, 5) is 4.68. The molecule has 0 aliphatic heterocycles. The number of rotatable bonds is 4. The Labute approximate surface area is 113 Å². The summed E-state index contributed by atoms with van der Waals surface area (Å²) in [5, 5.41) is 5.26. The van der Waals surface area contributed by atoms with Crippen LogP contribution in [0.4, 0.5) is 5.69 Å². The molecule has 0 amide bonds. The molecule has 0 radical (unpaired) electrons. The molecule has 2 nitrogen and oxygen atoms in total. The Bertz CT molecular complexity index is 564. The number of nitrogens with one attached hydrogen (secondary N) is 1. The van der Waals surface area contributed by atoms with Crippen LogP contribution in [0.2, 0.25) is 5.02 Å². The zero-order chi connectivity index (χ0) is 13.1. The van der Waals surface area contributed by atoms with Gasteiger partial charge >= 0.3 is 0 Å². The zero-order valence-electron chi connectivity index (χ0n) is 11.2. The predicted molar refractivity (Wildman–Crippen MR) is 79.6 cm³/mol. The van der Waals surface area contributed by atoms with Gasteiger partial charge in [0.1, 0.15) is 0 Å². The van der Waals surface area contributed by atoms with Gasteiger partial charge in [0.2, 0.25) is 0 Å². The molecule has 0 fully saturated rings. The fraction of sp³-hybridized carbons (Fsp3) is 0.400. The molecule has 3 heteroatoms. The Morgan fingerprint density at radius 3 is 2.67 bits per heavy atom. The third-order valence-electron chi connectivity index (χ3n) is 2.94. The third kappa shape index (κ3) is 2.59. The summed E-state index contributed by atoms with van der Waals surface area (Å²) in [6.07, 6.45) is 2.08. The van der Waals surface area contributed by atoms with Gasteiger partial charge in [0.05, 0.1) is 10.5 Å². The summed E-state index contributed by atoms with van der Waals surface area (Å²) in [7, 11) is 0. The van der Waals surface area contributed by atoms with Gasteiger partial charge < -0.3 is 5.32 Å². The lowest BCUT2D eigenvalue weighted by atomic mass is 10.1. The van der Waals surface area contributed by atoms with Crippen molar-refractivity contribution in [3.05, 3.63) is 34.5 Å². The average molecular weight is 263 g/mol. The number of aryl methyl sites for hydroxylation is 2. The first-order valence-electron chi connectivity index (χ1n) is 6.49. The number of fused-ring (bicyclic) bond motifs is 1. The second-order valence-electron chi connectivity index (χ2n) is 4.58. The van der Waals surface area contributed by atoms with Crippen LogP contribution >= 0.6 is 11.6 Å². The molecule has 0 aliphatic rings. The van der Waals surface area contributed by atoms with E-state index >= 15 is 0 Å². The smallest absolute Gasteiger partial charge is 0.0912 e. The summed E-state index contributed by atoms with van der Waals surface area (Å²) >= 11 is 6.32. The Kier molecular flexibility index (Phi) is 4.07. The minimum atomic E-state index is 0.738. The van der Waals surface area contributed by atoms with Gasteiger partial charge in [-0.25, -0.2) is 0 Å². The van der Waals surface area contributed by atoms with Gasteiger partial charge in [0.15, 0.2) is 0 Å². The van der Waals surface area contributed by atoms with Gasteiger partial charge in [-0.2, -0.15) is 0 Å². The Morgan fingerprint density at radius 1 is 1.22 bits per heavy atom. The molecule has 2 rings (SSSR count). The van der Waals surface area contributed by atoms with Crippen LogP contribution in [0.15, 0.2) is 18.2 Å². The number of benzene rings is 1. The molecular weight excluding hydrogens is 244 g/mol. The largest absolute Gasteiger partial charge is 0.385 e. The summed E-state index contributed by atoms with van der Waals surface area (Å²) in [5.74, 6) is 0. The standard InChI is InChI=1S/C15H19ClN2/c1-4-6-11-9-14(17-5-2)12-7-10(3)8-13(16)15(12)18-11/h7-9H,4-6H2,1-3H3,(H,17,18). The van der Waals surface area contributed by atoms with E-state index in [1.54, 1.807) is 0 Å². The van der Waals surface area contributed by atoms with Crippen molar-refractivity contribution in [1.82, 2.24) is 4.98 Å². The van der Waals surface area contributed by atoms with E-state index in [2.05, 4.69) is 43.2 Å².